The molecule has 0 bridgehead atoms. The number of rotatable bonds is 8. The lowest BCUT2D eigenvalue weighted by atomic mass is 10.1. The fraction of sp³-hybridized carbons (Fsp3) is 0.381. The standard InChI is InChI=1S/C21H25N5O3/c1-29-9-8-22-21(28)19-11-16-10-15(13-26(16)25-19)24-20(27)7-6-14-12-23-18-5-3-2-4-17(14)18/h2-5,11-12,15,23H,6-10,13H2,1H3,(H,22,28)(H,24,27). The summed E-state index contributed by atoms with van der Waals surface area (Å²) in [6.07, 6.45) is 3.78. The van der Waals surface area contributed by atoms with Crippen molar-refractivity contribution in [2.75, 3.05) is 20.3 Å². The Morgan fingerprint density at radius 2 is 2.21 bits per heavy atom. The first-order valence-electron chi connectivity index (χ1n) is 9.82. The van der Waals surface area contributed by atoms with E-state index in [0.717, 1.165) is 22.2 Å². The molecule has 3 N–H and O–H groups in total. The van der Waals surface area contributed by atoms with Gasteiger partial charge in [0, 0.05) is 49.3 Å². The van der Waals surface area contributed by atoms with E-state index in [2.05, 4.69) is 26.8 Å². The lowest BCUT2D eigenvalue weighted by Crippen LogP contribution is -2.36. The average Bonchev–Trinajstić information content (AvgIpc) is 3.39. The van der Waals surface area contributed by atoms with Crippen LogP contribution in [0.4, 0.5) is 0 Å². The maximum absolute atomic E-state index is 12.4. The molecule has 1 atom stereocenters. The number of aromatic nitrogens is 3. The Hall–Kier alpha value is -3.13. The number of hydrogen-bond acceptors (Lipinski definition) is 4. The van der Waals surface area contributed by atoms with Crippen LogP contribution in [0.15, 0.2) is 36.5 Å². The predicted octanol–water partition coefficient (Wildman–Crippen LogP) is 1.41. The SMILES string of the molecule is COCCNC(=O)c1cc2n(n1)CC(NC(=O)CCc1c[nH]c3ccccc13)C2. The molecule has 1 aromatic carbocycles. The number of ether oxygens (including phenoxy) is 1. The van der Waals surface area contributed by atoms with Crippen molar-refractivity contribution in [1.82, 2.24) is 25.4 Å². The molecule has 8 heteroatoms. The third kappa shape index (κ3) is 4.32. The van der Waals surface area contributed by atoms with Crippen molar-refractivity contribution in [3.05, 3.63) is 53.5 Å². The van der Waals surface area contributed by atoms with Gasteiger partial charge >= 0.3 is 0 Å². The lowest BCUT2D eigenvalue weighted by molar-refractivity contribution is -0.121. The van der Waals surface area contributed by atoms with Gasteiger partial charge in [0.1, 0.15) is 5.69 Å². The van der Waals surface area contributed by atoms with Crippen LogP contribution in [-0.4, -0.2) is 52.9 Å². The summed E-state index contributed by atoms with van der Waals surface area (Å²) < 4.78 is 6.72. The molecule has 1 unspecified atom stereocenters. The molecular weight excluding hydrogens is 370 g/mol. The molecular formula is C21H25N5O3. The van der Waals surface area contributed by atoms with Crippen LogP contribution in [0.3, 0.4) is 0 Å². The number of amides is 2. The fourth-order valence-electron chi connectivity index (χ4n) is 3.75. The molecule has 1 aliphatic heterocycles. The van der Waals surface area contributed by atoms with Crippen molar-refractivity contribution in [2.45, 2.75) is 31.8 Å². The number of methoxy groups -OCH3 is 1. The van der Waals surface area contributed by atoms with Crippen molar-refractivity contribution in [3.63, 3.8) is 0 Å². The number of nitrogens with one attached hydrogen (secondary N) is 3. The van der Waals surface area contributed by atoms with E-state index < -0.39 is 0 Å². The van der Waals surface area contributed by atoms with Gasteiger partial charge in [0.15, 0.2) is 0 Å². The molecule has 0 radical (unpaired) electrons. The first kappa shape index (κ1) is 19.2. The van der Waals surface area contributed by atoms with Crippen LogP contribution in [-0.2, 0) is 28.9 Å². The van der Waals surface area contributed by atoms with Crippen LogP contribution in [0, 0.1) is 0 Å². The highest BCUT2D eigenvalue weighted by molar-refractivity contribution is 5.92. The fourth-order valence-corrected chi connectivity index (χ4v) is 3.75. The van der Waals surface area contributed by atoms with Gasteiger partial charge in [-0.05, 0) is 24.1 Å². The van der Waals surface area contributed by atoms with Gasteiger partial charge in [-0.15, -0.1) is 0 Å². The number of aryl methyl sites for hydroxylation is 1. The Labute approximate surface area is 168 Å². The second kappa shape index (κ2) is 8.48. The number of fused-ring (bicyclic) bond motifs is 2. The van der Waals surface area contributed by atoms with Crippen LogP contribution in [0.1, 0.15) is 28.2 Å². The topological polar surface area (TPSA) is 101 Å². The van der Waals surface area contributed by atoms with Crippen molar-refractivity contribution >= 4 is 22.7 Å². The summed E-state index contributed by atoms with van der Waals surface area (Å²) in [6, 6.07) is 9.90. The van der Waals surface area contributed by atoms with Gasteiger partial charge < -0.3 is 20.4 Å². The molecule has 0 aliphatic carbocycles. The zero-order valence-electron chi connectivity index (χ0n) is 16.4. The van der Waals surface area contributed by atoms with Crippen LogP contribution in [0.5, 0.6) is 0 Å². The molecule has 0 saturated carbocycles. The third-order valence-electron chi connectivity index (χ3n) is 5.20. The highest BCUT2D eigenvalue weighted by Crippen LogP contribution is 2.20. The number of carbonyl (C=O) groups is 2. The number of H-pyrrole nitrogens is 1. The van der Waals surface area contributed by atoms with E-state index in [1.54, 1.807) is 17.9 Å². The minimum absolute atomic E-state index is 0.0126. The Morgan fingerprint density at radius 3 is 3.03 bits per heavy atom. The zero-order valence-corrected chi connectivity index (χ0v) is 16.4. The molecule has 1 aliphatic rings. The summed E-state index contributed by atoms with van der Waals surface area (Å²) in [6.45, 7) is 1.50. The van der Waals surface area contributed by atoms with Gasteiger partial charge in [0.2, 0.25) is 5.91 Å². The highest BCUT2D eigenvalue weighted by atomic mass is 16.5. The van der Waals surface area contributed by atoms with Gasteiger partial charge in [-0.2, -0.15) is 5.10 Å². The monoisotopic (exact) mass is 395 g/mol. The maximum atomic E-state index is 12.4. The molecule has 0 saturated heterocycles. The Kier molecular flexibility index (Phi) is 5.62. The Morgan fingerprint density at radius 1 is 1.34 bits per heavy atom. The molecule has 4 rings (SSSR count). The number of para-hydroxylation sites is 1. The van der Waals surface area contributed by atoms with Crippen molar-refractivity contribution in [3.8, 4) is 0 Å². The van der Waals surface area contributed by atoms with E-state index in [1.807, 2.05) is 24.4 Å². The summed E-state index contributed by atoms with van der Waals surface area (Å²) in [5.74, 6) is -0.174. The molecule has 3 heterocycles. The number of hydrogen-bond donors (Lipinski definition) is 3. The third-order valence-corrected chi connectivity index (χ3v) is 5.20. The first-order chi connectivity index (χ1) is 14.1. The lowest BCUT2D eigenvalue weighted by Gasteiger charge is -2.11. The molecule has 3 aromatic rings. The minimum atomic E-state index is -0.205. The van der Waals surface area contributed by atoms with E-state index in [1.165, 1.54) is 0 Å². The van der Waals surface area contributed by atoms with E-state index in [4.69, 9.17) is 4.74 Å². The first-order valence-corrected chi connectivity index (χ1v) is 9.82. The number of benzene rings is 1. The van der Waals surface area contributed by atoms with Crippen LogP contribution in [0.2, 0.25) is 0 Å². The maximum Gasteiger partial charge on any atom is 0.271 e. The molecule has 29 heavy (non-hydrogen) atoms. The summed E-state index contributed by atoms with van der Waals surface area (Å²) in [7, 11) is 1.59. The molecule has 0 spiro atoms. The normalized spacial score (nSPS) is 15.4. The van der Waals surface area contributed by atoms with Crippen molar-refractivity contribution in [2.24, 2.45) is 0 Å². The second-order valence-electron chi connectivity index (χ2n) is 7.28. The van der Waals surface area contributed by atoms with Gasteiger partial charge in [-0.25, -0.2) is 0 Å². The quantitative estimate of drug-likeness (QED) is 0.502. The molecule has 152 valence electrons. The molecule has 8 nitrogen and oxygen atoms in total. The van der Waals surface area contributed by atoms with Crippen LogP contribution >= 0.6 is 0 Å². The van der Waals surface area contributed by atoms with Crippen LogP contribution < -0.4 is 10.6 Å². The zero-order chi connectivity index (χ0) is 20.2. The Balaban J connectivity index is 1.26. The smallest absolute Gasteiger partial charge is 0.271 e. The largest absolute Gasteiger partial charge is 0.383 e. The van der Waals surface area contributed by atoms with Crippen molar-refractivity contribution in [1.29, 1.82) is 0 Å². The van der Waals surface area contributed by atoms with E-state index in [0.29, 0.717) is 44.7 Å². The average molecular weight is 395 g/mol. The summed E-state index contributed by atoms with van der Waals surface area (Å²) in [5, 5.41) is 11.4. The van der Waals surface area contributed by atoms with Crippen LogP contribution in [0.25, 0.3) is 10.9 Å². The highest BCUT2D eigenvalue weighted by Gasteiger charge is 2.26. The number of nitrogens with zero attached hydrogens (tertiary/aromatic N) is 2. The van der Waals surface area contributed by atoms with Gasteiger partial charge in [-0.1, -0.05) is 18.2 Å². The Bertz CT molecular complexity index is 999. The summed E-state index contributed by atoms with van der Waals surface area (Å²) in [4.78, 5) is 27.7. The van der Waals surface area contributed by atoms with Crippen molar-refractivity contribution < 1.29 is 14.3 Å². The van der Waals surface area contributed by atoms with Gasteiger partial charge in [0.05, 0.1) is 19.2 Å². The van der Waals surface area contributed by atoms with E-state index in [9.17, 15) is 9.59 Å². The summed E-state index contributed by atoms with van der Waals surface area (Å²) >= 11 is 0. The molecule has 0 fully saturated rings. The summed E-state index contributed by atoms with van der Waals surface area (Å²) in [5.41, 5.74) is 3.61. The van der Waals surface area contributed by atoms with Gasteiger partial charge in [0.25, 0.3) is 5.91 Å². The molecule has 2 aromatic heterocycles. The second-order valence-corrected chi connectivity index (χ2v) is 7.28. The number of aromatic amines is 1. The number of carbonyl (C=O) groups excluding carboxylic acids is 2. The van der Waals surface area contributed by atoms with E-state index in [-0.39, 0.29) is 17.9 Å². The molecule has 2 amide bonds. The minimum Gasteiger partial charge on any atom is -0.383 e. The van der Waals surface area contributed by atoms with Gasteiger partial charge in [-0.3, -0.25) is 14.3 Å². The van der Waals surface area contributed by atoms with E-state index >= 15 is 0 Å². The predicted molar refractivity (Wildman–Crippen MR) is 109 cm³/mol.